The van der Waals surface area contributed by atoms with Gasteiger partial charge >= 0.3 is 0 Å². The first kappa shape index (κ1) is 17.1. The molecule has 7 heteroatoms. The Balaban J connectivity index is 1.33. The lowest BCUT2D eigenvalue weighted by molar-refractivity contribution is 0.241. The number of hydrogen-bond acceptors (Lipinski definition) is 6. The number of nitrogens with one attached hydrogen (secondary N) is 1. The maximum Gasteiger partial charge on any atom is 0.256 e. The highest BCUT2D eigenvalue weighted by molar-refractivity contribution is 7.08. The van der Waals surface area contributed by atoms with Crippen molar-refractivity contribution in [3.8, 4) is 22.8 Å². The quantitative estimate of drug-likeness (QED) is 0.575. The lowest BCUT2D eigenvalue weighted by Crippen LogP contribution is -2.35. The third kappa shape index (κ3) is 3.30. The van der Waals surface area contributed by atoms with Gasteiger partial charge in [0.15, 0.2) is 11.6 Å². The maximum absolute atomic E-state index is 12.6. The van der Waals surface area contributed by atoms with E-state index in [0.717, 1.165) is 47.6 Å². The molecule has 4 aromatic rings. The smallest absolute Gasteiger partial charge is 0.256 e. The van der Waals surface area contributed by atoms with Crippen molar-refractivity contribution < 1.29 is 4.42 Å². The van der Waals surface area contributed by atoms with Crippen LogP contribution in [0.4, 0.5) is 0 Å². The van der Waals surface area contributed by atoms with Crippen LogP contribution in [-0.4, -0.2) is 26.4 Å². The molecule has 0 fully saturated rings. The van der Waals surface area contributed by atoms with Crippen molar-refractivity contribution in [2.45, 2.75) is 19.5 Å². The lowest BCUT2D eigenvalue weighted by atomic mass is 10.1. The average molecular weight is 390 g/mol. The van der Waals surface area contributed by atoms with Crippen LogP contribution in [0, 0.1) is 0 Å². The van der Waals surface area contributed by atoms with Crippen molar-refractivity contribution >= 4 is 11.3 Å². The Labute approximate surface area is 165 Å². The molecule has 0 radical (unpaired) electrons. The van der Waals surface area contributed by atoms with E-state index in [9.17, 15) is 4.79 Å². The Bertz CT molecular complexity index is 1130. The summed E-state index contributed by atoms with van der Waals surface area (Å²) in [6.45, 7) is 2.20. The Morgan fingerprint density at radius 3 is 2.96 bits per heavy atom. The SMILES string of the molecule is O=c1[nH]c(-c2ccco2)nc2c1CN(Cc1ccc(-c3ccsc3)nc1)CC2. The predicted octanol–water partition coefficient (Wildman–Crippen LogP) is 3.71. The van der Waals surface area contributed by atoms with Gasteiger partial charge in [0, 0.05) is 43.2 Å². The number of pyridine rings is 1. The monoisotopic (exact) mass is 390 g/mol. The highest BCUT2D eigenvalue weighted by Crippen LogP contribution is 2.22. The van der Waals surface area contributed by atoms with Crippen molar-refractivity contribution in [3.63, 3.8) is 0 Å². The van der Waals surface area contributed by atoms with E-state index in [1.165, 1.54) is 0 Å². The lowest BCUT2D eigenvalue weighted by Gasteiger charge is -2.27. The van der Waals surface area contributed by atoms with Gasteiger partial charge in [0.2, 0.25) is 0 Å². The number of aromatic nitrogens is 3. The Kier molecular flexibility index (Phi) is 4.38. The van der Waals surface area contributed by atoms with Gasteiger partial charge in [-0.05, 0) is 35.2 Å². The number of hydrogen-bond donors (Lipinski definition) is 1. The standard InChI is InChI=1S/C21H18N4O2S/c26-21-16-12-25(7-5-18(16)23-20(24-21)19-2-1-8-27-19)11-14-3-4-17(22-10-14)15-6-9-28-13-15/h1-4,6,8-10,13H,5,7,11-12H2,(H,23,24,26). The largest absolute Gasteiger partial charge is 0.461 e. The molecule has 0 saturated heterocycles. The molecule has 140 valence electrons. The van der Waals surface area contributed by atoms with E-state index in [1.54, 1.807) is 29.7 Å². The molecule has 0 saturated carbocycles. The van der Waals surface area contributed by atoms with Crippen molar-refractivity contribution in [1.82, 2.24) is 19.9 Å². The van der Waals surface area contributed by atoms with Gasteiger partial charge in [-0.15, -0.1) is 0 Å². The van der Waals surface area contributed by atoms with Gasteiger partial charge in [-0.2, -0.15) is 11.3 Å². The van der Waals surface area contributed by atoms with E-state index in [2.05, 4.69) is 48.8 Å². The topological polar surface area (TPSA) is 75.0 Å². The van der Waals surface area contributed by atoms with Crippen LogP contribution in [0.3, 0.4) is 0 Å². The second kappa shape index (κ2) is 7.18. The Hall–Kier alpha value is -3.03. The number of thiophene rings is 1. The van der Waals surface area contributed by atoms with Gasteiger partial charge in [0.25, 0.3) is 5.56 Å². The van der Waals surface area contributed by atoms with E-state index in [-0.39, 0.29) is 5.56 Å². The van der Waals surface area contributed by atoms with Crippen molar-refractivity contribution in [2.24, 2.45) is 0 Å². The number of aromatic amines is 1. The van der Waals surface area contributed by atoms with Gasteiger partial charge < -0.3 is 9.40 Å². The summed E-state index contributed by atoms with van der Waals surface area (Å²) in [4.78, 5) is 26.9. The first-order valence-corrected chi connectivity index (χ1v) is 10.1. The summed E-state index contributed by atoms with van der Waals surface area (Å²) < 4.78 is 5.35. The molecule has 5 rings (SSSR count). The number of H-pyrrole nitrogens is 1. The molecule has 4 aromatic heterocycles. The number of rotatable bonds is 4. The molecule has 0 spiro atoms. The average Bonchev–Trinajstić information content (AvgIpc) is 3.43. The molecule has 0 amide bonds. The van der Waals surface area contributed by atoms with Gasteiger partial charge in [-0.1, -0.05) is 6.07 Å². The molecule has 5 heterocycles. The van der Waals surface area contributed by atoms with Gasteiger partial charge in [-0.3, -0.25) is 14.7 Å². The molecule has 1 aliphatic rings. The molecule has 6 nitrogen and oxygen atoms in total. The minimum Gasteiger partial charge on any atom is -0.461 e. The second-order valence-electron chi connectivity index (χ2n) is 6.84. The molecular formula is C21H18N4O2S. The molecule has 1 N–H and O–H groups in total. The molecule has 0 aliphatic carbocycles. The Morgan fingerprint density at radius 2 is 2.21 bits per heavy atom. The molecule has 28 heavy (non-hydrogen) atoms. The molecule has 0 unspecified atom stereocenters. The molecule has 0 bridgehead atoms. The van der Waals surface area contributed by atoms with E-state index in [0.29, 0.717) is 18.1 Å². The fourth-order valence-electron chi connectivity index (χ4n) is 3.50. The van der Waals surface area contributed by atoms with Crippen LogP contribution in [-0.2, 0) is 19.5 Å². The van der Waals surface area contributed by atoms with Crippen LogP contribution in [0.15, 0.2) is 62.8 Å². The second-order valence-corrected chi connectivity index (χ2v) is 7.62. The number of fused-ring (bicyclic) bond motifs is 1. The summed E-state index contributed by atoms with van der Waals surface area (Å²) in [5.41, 5.74) is 4.78. The van der Waals surface area contributed by atoms with E-state index >= 15 is 0 Å². The highest BCUT2D eigenvalue weighted by Gasteiger charge is 2.22. The fourth-order valence-corrected chi connectivity index (χ4v) is 4.15. The zero-order valence-corrected chi connectivity index (χ0v) is 15.9. The third-order valence-corrected chi connectivity index (χ3v) is 5.63. The van der Waals surface area contributed by atoms with Gasteiger partial charge in [0.05, 0.1) is 23.2 Å². The zero-order valence-electron chi connectivity index (χ0n) is 15.1. The van der Waals surface area contributed by atoms with E-state index < -0.39 is 0 Å². The molecule has 0 aromatic carbocycles. The van der Waals surface area contributed by atoms with Crippen LogP contribution in [0.2, 0.25) is 0 Å². The molecule has 1 aliphatic heterocycles. The summed E-state index contributed by atoms with van der Waals surface area (Å²) in [5, 5.41) is 4.15. The van der Waals surface area contributed by atoms with Crippen LogP contribution < -0.4 is 5.56 Å². The van der Waals surface area contributed by atoms with Crippen molar-refractivity contribution in [3.05, 3.63) is 80.7 Å². The summed E-state index contributed by atoms with van der Waals surface area (Å²) in [6.07, 6.45) is 4.24. The number of nitrogens with zero attached hydrogens (tertiary/aromatic N) is 3. The van der Waals surface area contributed by atoms with Crippen LogP contribution in [0.25, 0.3) is 22.8 Å². The summed E-state index contributed by atoms with van der Waals surface area (Å²) in [5.74, 6) is 1.08. The molecular weight excluding hydrogens is 372 g/mol. The molecule has 0 atom stereocenters. The zero-order chi connectivity index (χ0) is 18.9. The van der Waals surface area contributed by atoms with Crippen LogP contribution in [0.1, 0.15) is 16.8 Å². The third-order valence-electron chi connectivity index (χ3n) is 4.95. The summed E-state index contributed by atoms with van der Waals surface area (Å²) in [6, 6.07) is 9.82. The van der Waals surface area contributed by atoms with E-state index in [4.69, 9.17) is 4.42 Å². The Morgan fingerprint density at radius 1 is 1.25 bits per heavy atom. The van der Waals surface area contributed by atoms with Crippen molar-refractivity contribution in [1.29, 1.82) is 0 Å². The van der Waals surface area contributed by atoms with Crippen LogP contribution >= 0.6 is 11.3 Å². The first-order chi connectivity index (χ1) is 13.8. The van der Waals surface area contributed by atoms with Crippen LogP contribution in [0.5, 0.6) is 0 Å². The van der Waals surface area contributed by atoms with Gasteiger partial charge in [-0.25, -0.2) is 4.98 Å². The minimum atomic E-state index is -0.0907. The predicted molar refractivity (Wildman–Crippen MR) is 108 cm³/mol. The normalized spacial score (nSPS) is 14.1. The number of furan rings is 1. The van der Waals surface area contributed by atoms with Crippen molar-refractivity contribution in [2.75, 3.05) is 6.54 Å². The fraction of sp³-hybridized carbons (Fsp3) is 0.190. The maximum atomic E-state index is 12.6. The van der Waals surface area contributed by atoms with E-state index in [1.807, 2.05) is 6.20 Å². The first-order valence-electron chi connectivity index (χ1n) is 9.12. The van der Waals surface area contributed by atoms with Gasteiger partial charge in [0.1, 0.15) is 0 Å². The summed E-state index contributed by atoms with van der Waals surface area (Å²) >= 11 is 1.67. The highest BCUT2D eigenvalue weighted by atomic mass is 32.1. The summed E-state index contributed by atoms with van der Waals surface area (Å²) in [7, 11) is 0. The minimum absolute atomic E-state index is 0.0907.